The molecule has 1 aliphatic rings. The average molecular weight is 228 g/mol. The topological polar surface area (TPSA) is 55.6 Å². The van der Waals surface area contributed by atoms with Gasteiger partial charge in [0.15, 0.2) is 0 Å². The lowest BCUT2D eigenvalue weighted by atomic mass is 10.0. The van der Waals surface area contributed by atoms with Crippen LogP contribution in [-0.4, -0.2) is 43.2 Å². The summed E-state index contributed by atoms with van der Waals surface area (Å²) >= 11 is 0. The average Bonchev–Trinajstić information content (AvgIpc) is 2.50. The summed E-state index contributed by atoms with van der Waals surface area (Å²) in [5.41, 5.74) is 5.62. The molecule has 16 heavy (non-hydrogen) atoms. The second-order valence-electron chi connectivity index (χ2n) is 4.59. The Kier molecular flexibility index (Phi) is 5.77. The molecule has 1 amide bonds. The molecule has 0 aromatic heterocycles. The molecule has 1 heterocycles. The van der Waals surface area contributed by atoms with Gasteiger partial charge in [-0.15, -0.1) is 0 Å². The molecule has 1 fully saturated rings. The molecule has 2 unspecified atom stereocenters. The lowest BCUT2D eigenvalue weighted by molar-refractivity contribution is -0.132. The van der Waals surface area contributed by atoms with Crippen LogP contribution in [0.25, 0.3) is 0 Å². The van der Waals surface area contributed by atoms with Crippen molar-refractivity contribution in [1.29, 1.82) is 0 Å². The van der Waals surface area contributed by atoms with Gasteiger partial charge in [-0.3, -0.25) is 4.79 Å². The molecular formula is C12H24N2O2. The van der Waals surface area contributed by atoms with E-state index in [9.17, 15) is 4.79 Å². The highest BCUT2D eigenvalue weighted by molar-refractivity contribution is 5.76. The van der Waals surface area contributed by atoms with Gasteiger partial charge in [0.25, 0.3) is 0 Å². The fourth-order valence-electron chi connectivity index (χ4n) is 1.99. The van der Waals surface area contributed by atoms with Crippen molar-refractivity contribution in [2.75, 3.05) is 26.2 Å². The fourth-order valence-corrected chi connectivity index (χ4v) is 1.99. The minimum absolute atomic E-state index is 0.157. The Morgan fingerprint density at radius 3 is 3.00 bits per heavy atom. The van der Waals surface area contributed by atoms with Crippen molar-refractivity contribution >= 4 is 5.91 Å². The van der Waals surface area contributed by atoms with Crippen LogP contribution in [0, 0.1) is 5.92 Å². The summed E-state index contributed by atoms with van der Waals surface area (Å²) < 4.78 is 5.52. The molecule has 1 rings (SSSR count). The van der Waals surface area contributed by atoms with Gasteiger partial charge in [0.05, 0.1) is 6.10 Å². The molecule has 2 atom stereocenters. The minimum Gasteiger partial charge on any atom is -0.377 e. The van der Waals surface area contributed by atoms with Crippen LogP contribution in [0.4, 0.5) is 0 Å². The summed E-state index contributed by atoms with van der Waals surface area (Å²) in [5.74, 6) is 0.557. The molecule has 94 valence electrons. The van der Waals surface area contributed by atoms with E-state index in [2.05, 4.69) is 6.92 Å². The van der Waals surface area contributed by atoms with Crippen LogP contribution in [-0.2, 0) is 9.53 Å². The van der Waals surface area contributed by atoms with Crippen LogP contribution < -0.4 is 5.73 Å². The number of carbonyl (C=O) groups excluding carboxylic acids is 1. The third-order valence-corrected chi connectivity index (χ3v) is 3.18. The number of nitrogens with zero attached hydrogens (tertiary/aromatic N) is 1. The fraction of sp³-hybridized carbons (Fsp3) is 0.917. The summed E-state index contributed by atoms with van der Waals surface area (Å²) in [4.78, 5) is 14.0. The molecule has 0 radical (unpaired) electrons. The van der Waals surface area contributed by atoms with E-state index < -0.39 is 0 Å². The Labute approximate surface area is 98.1 Å². The van der Waals surface area contributed by atoms with E-state index in [1.807, 2.05) is 11.8 Å². The number of amides is 1. The highest BCUT2D eigenvalue weighted by Gasteiger charge is 2.21. The van der Waals surface area contributed by atoms with Gasteiger partial charge in [0.1, 0.15) is 0 Å². The first-order valence-electron chi connectivity index (χ1n) is 6.26. The van der Waals surface area contributed by atoms with Crippen molar-refractivity contribution < 1.29 is 9.53 Å². The first-order valence-corrected chi connectivity index (χ1v) is 6.26. The van der Waals surface area contributed by atoms with Gasteiger partial charge in [-0.05, 0) is 25.8 Å². The van der Waals surface area contributed by atoms with Crippen molar-refractivity contribution in [2.45, 2.75) is 39.2 Å². The highest BCUT2D eigenvalue weighted by Crippen LogP contribution is 2.12. The predicted octanol–water partition coefficient (Wildman–Crippen LogP) is 0.999. The van der Waals surface area contributed by atoms with Crippen molar-refractivity contribution in [2.24, 2.45) is 11.7 Å². The third kappa shape index (κ3) is 4.10. The summed E-state index contributed by atoms with van der Waals surface area (Å²) in [6.45, 7) is 7.01. The molecule has 1 saturated heterocycles. The molecular weight excluding hydrogens is 204 g/mol. The number of rotatable bonds is 4. The first-order chi connectivity index (χ1) is 7.67. The van der Waals surface area contributed by atoms with Gasteiger partial charge >= 0.3 is 0 Å². The van der Waals surface area contributed by atoms with E-state index in [0.29, 0.717) is 18.9 Å². The van der Waals surface area contributed by atoms with Crippen molar-refractivity contribution in [3.05, 3.63) is 0 Å². The predicted molar refractivity (Wildman–Crippen MR) is 64.1 cm³/mol. The molecule has 0 aliphatic carbocycles. The Hall–Kier alpha value is -0.610. The third-order valence-electron chi connectivity index (χ3n) is 3.18. The summed E-state index contributed by atoms with van der Waals surface area (Å²) in [6.07, 6.45) is 2.65. The zero-order chi connectivity index (χ0) is 12.0. The zero-order valence-corrected chi connectivity index (χ0v) is 10.4. The SMILES string of the molecule is CCC(CN)CC(=O)N1CCCOC(C)C1. The molecule has 0 aromatic carbocycles. The number of hydrogen-bond donors (Lipinski definition) is 1. The van der Waals surface area contributed by atoms with Gasteiger partial charge in [0.2, 0.25) is 5.91 Å². The maximum atomic E-state index is 12.0. The van der Waals surface area contributed by atoms with Crippen LogP contribution in [0.1, 0.15) is 33.1 Å². The molecule has 0 saturated carbocycles. The molecule has 1 aliphatic heterocycles. The Balaban J connectivity index is 2.44. The normalized spacial score (nSPS) is 23.9. The van der Waals surface area contributed by atoms with E-state index in [1.165, 1.54) is 0 Å². The summed E-state index contributed by atoms with van der Waals surface area (Å²) in [6, 6.07) is 0. The van der Waals surface area contributed by atoms with Gasteiger partial charge in [-0.1, -0.05) is 13.3 Å². The van der Waals surface area contributed by atoms with E-state index in [0.717, 1.165) is 32.5 Å². The van der Waals surface area contributed by atoms with E-state index in [1.54, 1.807) is 0 Å². The van der Waals surface area contributed by atoms with Crippen LogP contribution in [0.3, 0.4) is 0 Å². The Bertz CT molecular complexity index is 217. The molecule has 0 bridgehead atoms. The van der Waals surface area contributed by atoms with Gasteiger partial charge < -0.3 is 15.4 Å². The standard InChI is InChI=1S/C12H24N2O2/c1-3-11(8-13)7-12(15)14-5-4-6-16-10(2)9-14/h10-11H,3-9,13H2,1-2H3. The number of hydrogen-bond acceptors (Lipinski definition) is 3. The van der Waals surface area contributed by atoms with Gasteiger partial charge in [-0.2, -0.15) is 0 Å². The Morgan fingerprint density at radius 2 is 2.38 bits per heavy atom. The van der Waals surface area contributed by atoms with E-state index in [4.69, 9.17) is 10.5 Å². The summed E-state index contributed by atoms with van der Waals surface area (Å²) in [5, 5.41) is 0. The maximum absolute atomic E-state index is 12.0. The quantitative estimate of drug-likeness (QED) is 0.781. The number of ether oxygens (including phenoxy) is 1. The minimum atomic E-state index is 0.157. The monoisotopic (exact) mass is 228 g/mol. The molecule has 2 N–H and O–H groups in total. The summed E-state index contributed by atoms with van der Waals surface area (Å²) in [7, 11) is 0. The molecule has 4 nitrogen and oxygen atoms in total. The number of nitrogens with two attached hydrogens (primary N) is 1. The molecule has 0 spiro atoms. The lowest BCUT2D eigenvalue weighted by Gasteiger charge is -2.24. The zero-order valence-electron chi connectivity index (χ0n) is 10.4. The number of carbonyl (C=O) groups is 1. The Morgan fingerprint density at radius 1 is 1.62 bits per heavy atom. The van der Waals surface area contributed by atoms with Crippen molar-refractivity contribution in [3.8, 4) is 0 Å². The van der Waals surface area contributed by atoms with Gasteiger partial charge in [-0.25, -0.2) is 0 Å². The van der Waals surface area contributed by atoms with Gasteiger partial charge in [0, 0.05) is 26.1 Å². The van der Waals surface area contributed by atoms with Crippen LogP contribution in [0.15, 0.2) is 0 Å². The largest absolute Gasteiger partial charge is 0.377 e. The lowest BCUT2D eigenvalue weighted by Crippen LogP contribution is -2.37. The molecule has 0 aromatic rings. The first kappa shape index (κ1) is 13.5. The second kappa shape index (κ2) is 6.86. The van der Waals surface area contributed by atoms with E-state index >= 15 is 0 Å². The maximum Gasteiger partial charge on any atom is 0.222 e. The highest BCUT2D eigenvalue weighted by atomic mass is 16.5. The van der Waals surface area contributed by atoms with Crippen LogP contribution in [0.2, 0.25) is 0 Å². The second-order valence-corrected chi connectivity index (χ2v) is 4.59. The van der Waals surface area contributed by atoms with Crippen molar-refractivity contribution in [3.63, 3.8) is 0 Å². The van der Waals surface area contributed by atoms with Crippen molar-refractivity contribution in [1.82, 2.24) is 4.90 Å². The van der Waals surface area contributed by atoms with Crippen LogP contribution >= 0.6 is 0 Å². The van der Waals surface area contributed by atoms with E-state index in [-0.39, 0.29) is 12.0 Å². The molecule has 4 heteroatoms. The van der Waals surface area contributed by atoms with Crippen LogP contribution in [0.5, 0.6) is 0 Å². The smallest absolute Gasteiger partial charge is 0.222 e.